The standard InChI is InChI=1S/C15H23NO2S/c1-13-6-3-8-15(12-13)19(17,18)11-5-10-16-9-4-7-14(16)2/h3,6,8,12,14H,4-5,7,9-11H2,1-2H3/t14-/m0/s1. The zero-order chi connectivity index (χ0) is 13.9. The quantitative estimate of drug-likeness (QED) is 0.832. The molecule has 0 spiro atoms. The van der Waals surface area contributed by atoms with Gasteiger partial charge < -0.3 is 4.90 Å². The van der Waals surface area contributed by atoms with Gasteiger partial charge in [0.25, 0.3) is 0 Å². The minimum absolute atomic E-state index is 0.250. The number of likely N-dealkylation sites (tertiary alicyclic amines) is 1. The molecule has 0 saturated carbocycles. The summed E-state index contributed by atoms with van der Waals surface area (Å²) in [5.74, 6) is 0.250. The van der Waals surface area contributed by atoms with E-state index in [1.165, 1.54) is 12.8 Å². The van der Waals surface area contributed by atoms with Gasteiger partial charge in [-0.1, -0.05) is 12.1 Å². The predicted octanol–water partition coefficient (Wildman–Crippen LogP) is 2.64. The van der Waals surface area contributed by atoms with Crippen molar-refractivity contribution in [3.8, 4) is 0 Å². The largest absolute Gasteiger partial charge is 0.301 e. The Hall–Kier alpha value is -0.870. The Bertz CT molecular complexity index is 525. The molecule has 1 heterocycles. The summed E-state index contributed by atoms with van der Waals surface area (Å²) in [7, 11) is -3.12. The zero-order valence-electron chi connectivity index (χ0n) is 11.8. The van der Waals surface area contributed by atoms with E-state index in [1.54, 1.807) is 12.1 Å². The van der Waals surface area contributed by atoms with E-state index in [0.717, 1.165) is 25.1 Å². The van der Waals surface area contributed by atoms with E-state index in [4.69, 9.17) is 0 Å². The minimum atomic E-state index is -3.12. The second-order valence-electron chi connectivity index (χ2n) is 5.52. The Morgan fingerprint density at radius 3 is 2.79 bits per heavy atom. The molecule has 0 aromatic heterocycles. The first-order valence-electron chi connectivity index (χ1n) is 7.02. The van der Waals surface area contributed by atoms with Crippen LogP contribution >= 0.6 is 0 Å². The van der Waals surface area contributed by atoms with Gasteiger partial charge in [0.15, 0.2) is 9.84 Å². The van der Waals surface area contributed by atoms with Gasteiger partial charge in [0.2, 0.25) is 0 Å². The molecule has 0 aliphatic carbocycles. The summed E-state index contributed by atoms with van der Waals surface area (Å²) in [4.78, 5) is 2.85. The Morgan fingerprint density at radius 1 is 1.37 bits per heavy atom. The van der Waals surface area contributed by atoms with Gasteiger partial charge in [0, 0.05) is 6.04 Å². The lowest BCUT2D eigenvalue weighted by Crippen LogP contribution is -2.29. The van der Waals surface area contributed by atoms with Crippen LogP contribution < -0.4 is 0 Å². The molecule has 1 aliphatic heterocycles. The topological polar surface area (TPSA) is 37.4 Å². The number of hydrogen-bond donors (Lipinski definition) is 0. The van der Waals surface area contributed by atoms with Gasteiger partial charge in [-0.05, 0) is 63.9 Å². The highest BCUT2D eigenvalue weighted by molar-refractivity contribution is 7.91. The Kier molecular flexibility index (Phi) is 4.63. The summed E-state index contributed by atoms with van der Waals surface area (Å²) in [6, 6.07) is 7.80. The van der Waals surface area contributed by atoms with E-state index in [-0.39, 0.29) is 5.75 Å². The minimum Gasteiger partial charge on any atom is -0.301 e. The monoisotopic (exact) mass is 281 g/mol. The van der Waals surface area contributed by atoms with Crippen molar-refractivity contribution < 1.29 is 8.42 Å². The van der Waals surface area contributed by atoms with E-state index in [1.807, 2.05) is 19.1 Å². The van der Waals surface area contributed by atoms with Crippen molar-refractivity contribution in [2.75, 3.05) is 18.8 Å². The number of sulfone groups is 1. The summed E-state index contributed by atoms with van der Waals surface area (Å²) in [5, 5.41) is 0. The van der Waals surface area contributed by atoms with Crippen LogP contribution in [-0.2, 0) is 9.84 Å². The van der Waals surface area contributed by atoms with Crippen LogP contribution in [0.3, 0.4) is 0 Å². The molecular weight excluding hydrogens is 258 g/mol. The lowest BCUT2D eigenvalue weighted by Gasteiger charge is -2.20. The number of hydrogen-bond acceptors (Lipinski definition) is 3. The SMILES string of the molecule is Cc1cccc(S(=O)(=O)CCCN2CCC[C@@H]2C)c1. The molecule has 3 nitrogen and oxygen atoms in total. The third kappa shape index (κ3) is 3.80. The number of nitrogens with zero attached hydrogens (tertiary/aromatic N) is 1. The molecule has 1 aliphatic rings. The molecule has 2 rings (SSSR count). The molecule has 0 unspecified atom stereocenters. The van der Waals surface area contributed by atoms with Gasteiger partial charge in [-0.25, -0.2) is 8.42 Å². The smallest absolute Gasteiger partial charge is 0.178 e. The van der Waals surface area contributed by atoms with Crippen molar-refractivity contribution in [1.29, 1.82) is 0 Å². The molecule has 0 bridgehead atoms. The molecule has 1 fully saturated rings. The van der Waals surface area contributed by atoms with Crippen LogP contribution in [0.5, 0.6) is 0 Å². The highest BCUT2D eigenvalue weighted by Gasteiger charge is 2.21. The maximum Gasteiger partial charge on any atom is 0.178 e. The van der Waals surface area contributed by atoms with E-state index in [2.05, 4.69) is 11.8 Å². The van der Waals surface area contributed by atoms with Gasteiger partial charge >= 0.3 is 0 Å². The fourth-order valence-electron chi connectivity index (χ4n) is 2.71. The van der Waals surface area contributed by atoms with Gasteiger partial charge in [-0.3, -0.25) is 0 Å². The third-order valence-electron chi connectivity index (χ3n) is 3.90. The lowest BCUT2D eigenvalue weighted by molar-refractivity contribution is 0.270. The number of rotatable bonds is 5. The van der Waals surface area contributed by atoms with E-state index in [9.17, 15) is 8.42 Å². The van der Waals surface area contributed by atoms with Crippen molar-refractivity contribution in [1.82, 2.24) is 4.90 Å². The number of aryl methyl sites for hydroxylation is 1. The summed E-state index contributed by atoms with van der Waals surface area (Å²) < 4.78 is 24.4. The Balaban J connectivity index is 1.91. The van der Waals surface area contributed by atoms with E-state index < -0.39 is 9.84 Å². The first kappa shape index (κ1) is 14.5. The van der Waals surface area contributed by atoms with Crippen LogP contribution in [0.15, 0.2) is 29.2 Å². The first-order chi connectivity index (χ1) is 8.99. The maximum absolute atomic E-state index is 12.2. The predicted molar refractivity (Wildman–Crippen MR) is 78.1 cm³/mol. The van der Waals surface area contributed by atoms with Gasteiger partial charge in [0.1, 0.15) is 0 Å². The molecule has 1 aromatic rings. The molecule has 0 radical (unpaired) electrons. The highest BCUT2D eigenvalue weighted by Crippen LogP contribution is 2.18. The van der Waals surface area contributed by atoms with Gasteiger partial charge in [-0.2, -0.15) is 0 Å². The second kappa shape index (κ2) is 6.06. The molecule has 106 valence electrons. The first-order valence-corrected chi connectivity index (χ1v) is 8.68. The summed E-state index contributed by atoms with van der Waals surface area (Å²) in [6.45, 7) is 6.16. The summed E-state index contributed by atoms with van der Waals surface area (Å²) in [5.41, 5.74) is 0.995. The summed E-state index contributed by atoms with van der Waals surface area (Å²) >= 11 is 0. The van der Waals surface area contributed by atoms with Crippen molar-refractivity contribution in [2.45, 2.75) is 44.0 Å². The average Bonchev–Trinajstić information content (AvgIpc) is 2.75. The van der Waals surface area contributed by atoms with Crippen molar-refractivity contribution in [3.63, 3.8) is 0 Å². The van der Waals surface area contributed by atoms with Crippen LogP contribution in [0.1, 0.15) is 31.7 Å². The Morgan fingerprint density at radius 2 is 2.16 bits per heavy atom. The third-order valence-corrected chi connectivity index (χ3v) is 5.70. The summed E-state index contributed by atoms with van der Waals surface area (Å²) in [6.07, 6.45) is 3.21. The van der Waals surface area contributed by atoms with Crippen LogP contribution in [0.2, 0.25) is 0 Å². The van der Waals surface area contributed by atoms with Gasteiger partial charge in [-0.15, -0.1) is 0 Å². The van der Waals surface area contributed by atoms with Crippen LogP contribution in [0.4, 0.5) is 0 Å². The van der Waals surface area contributed by atoms with E-state index in [0.29, 0.717) is 10.9 Å². The number of benzene rings is 1. The molecule has 1 saturated heterocycles. The molecule has 0 N–H and O–H groups in total. The molecule has 1 aromatic carbocycles. The Labute approximate surface area is 116 Å². The fraction of sp³-hybridized carbons (Fsp3) is 0.600. The highest BCUT2D eigenvalue weighted by atomic mass is 32.2. The fourth-order valence-corrected chi connectivity index (χ4v) is 4.11. The molecule has 1 atom stereocenters. The van der Waals surface area contributed by atoms with Crippen LogP contribution in [0.25, 0.3) is 0 Å². The van der Waals surface area contributed by atoms with Crippen molar-refractivity contribution >= 4 is 9.84 Å². The zero-order valence-corrected chi connectivity index (χ0v) is 12.6. The molecule has 4 heteroatoms. The van der Waals surface area contributed by atoms with Crippen molar-refractivity contribution in [3.05, 3.63) is 29.8 Å². The maximum atomic E-state index is 12.2. The molecular formula is C15H23NO2S. The van der Waals surface area contributed by atoms with E-state index >= 15 is 0 Å². The average molecular weight is 281 g/mol. The lowest BCUT2D eigenvalue weighted by atomic mass is 10.2. The van der Waals surface area contributed by atoms with Crippen molar-refractivity contribution in [2.24, 2.45) is 0 Å². The molecule has 19 heavy (non-hydrogen) atoms. The second-order valence-corrected chi connectivity index (χ2v) is 7.63. The van der Waals surface area contributed by atoms with Crippen LogP contribution in [-0.4, -0.2) is 38.2 Å². The normalized spacial score (nSPS) is 20.8. The van der Waals surface area contributed by atoms with Gasteiger partial charge in [0.05, 0.1) is 10.6 Å². The van der Waals surface area contributed by atoms with Crippen LogP contribution in [0, 0.1) is 6.92 Å². The molecule has 0 amide bonds.